The van der Waals surface area contributed by atoms with E-state index in [2.05, 4.69) is 32.4 Å². The lowest BCUT2D eigenvalue weighted by Crippen LogP contribution is -2.73. The van der Waals surface area contributed by atoms with E-state index in [1.165, 1.54) is 51.4 Å². The van der Waals surface area contributed by atoms with Gasteiger partial charge in [-0.1, -0.05) is 32.1 Å². The Balaban J connectivity index is 1.11. The van der Waals surface area contributed by atoms with Gasteiger partial charge in [0.25, 0.3) is 5.91 Å². The predicted molar refractivity (Wildman–Crippen MR) is 164 cm³/mol. The summed E-state index contributed by atoms with van der Waals surface area (Å²) in [6.45, 7) is 5.56. The first-order valence-corrected chi connectivity index (χ1v) is 17.7. The van der Waals surface area contributed by atoms with Gasteiger partial charge in [0.15, 0.2) is 5.78 Å². The largest absolute Gasteiger partial charge is 0.369 e. The number of halogens is 1. The van der Waals surface area contributed by atoms with Crippen LogP contribution in [-0.2, 0) is 14.3 Å². The van der Waals surface area contributed by atoms with Crippen molar-refractivity contribution in [3.05, 3.63) is 11.8 Å². The molecule has 3 saturated heterocycles. The second-order valence-corrected chi connectivity index (χ2v) is 14.9. The number of ether oxygens (including phenoxy) is 1. The highest BCUT2D eigenvalue weighted by molar-refractivity contribution is 6.20. The van der Waals surface area contributed by atoms with Crippen molar-refractivity contribution >= 4 is 11.7 Å². The van der Waals surface area contributed by atoms with Gasteiger partial charge in [0.2, 0.25) is 0 Å². The van der Waals surface area contributed by atoms with E-state index < -0.39 is 18.1 Å². The molecule has 0 radical (unpaired) electrons. The quantitative estimate of drug-likeness (QED) is 0.415. The molecule has 43 heavy (non-hydrogen) atoms. The van der Waals surface area contributed by atoms with Crippen LogP contribution in [0.3, 0.4) is 0 Å². The Hall–Kier alpha value is -1.55. The number of alkyl halides is 1. The normalized spacial score (nSPS) is 41.7. The molecule has 0 aromatic heterocycles. The van der Waals surface area contributed by atoms with Gasteiger partial charge in [0.1, 0.15) is 6.17 Å². The van der Waals surface area contributed by atoms with Crippen molar-refractivity contribution in [2.75, 3.05) is 46.3 Å². The van der Waals surface area contributed by atoms with Crippen molar-refractivity contribution in [3.63, 3.8) is 0 Å². The molecule has 7 rings (SSSR count). The van der Waals surface area contributed by atoms with Crippen LogP contribution in [0.15, 0.2) is 11.8 Å². The lowest BCUT2D eigenvalue weighted by atomic mass is 9.65. The molecule has 1 amide bonds. The second kappa shape index (κ2) is 13.1. The van der Waals surface area contributed by atoms with Crippen LogP contribution in [0.5, 0.6) is 0 Å². The van der Waals surface area contributed by atoms with Crippen LogP contribution in [0.1, 0.15) is 83.5 Å². The number of likely N-dealkylation sites (tertiary alicyclic amines) is 2. The van der Waals surface area contributed by atoms with Gasteiger partial charge in [-0.2, -0.15) is 0 Å². The van der Waals surface area contributed by atoms with Gasteiger partial charge in [0, 0.05) is 37.8 Å². The molecule has 0 spiro atoms. The van der Waals surface area contributed by atoms with Crippen molar-refractivity contribution in [2.24, 2.45) is 17.8 Å². The Kier molecular flexibility index (Phi) is 9.14. The molecular weight excluding hydrogens is 545 g/mol. The zero-order chi connectivity index (χ0) is 29.5. The van der Waals surface area contributed by atoms with Crippen molar-refractivity contribution in [1.82, 2.24) is 25.3 Å². The predicted octanol–water partition coefficient (Wildman–Crippen LogP) is 3.26. The van der Waals surface area contributed by atoms with Crippen molar-refractivity contribution in [2.45, 2.75) is 126 Å². The average Bonchev–Trinajstić information content (AvgIpc) is 3.43. The second-order valence-electron chi connectivity index (χ2n) is 14.9. The molecule has 7 aliphatic rings. The minimum absolute atomic E-state index is 0.0182. The van der Waals surface area contributed by atoms with Crippen LogP contribution in [0.4, 0.5) is 4.39 Å². The van der Waals surface area contributed by atoms with E-state index in [1.54, 1.807) is 0 Å². The number of fused-ring (bicyclic) bond motifs is 3. The van der Waals surface area contributed by atoms with Crippen molar-refractivity contribution in [1.29, 1.82) is 0 Å². The van der Waals surface area contributed by atoms with Gasteiger partial charge >= 0.3 is 0 Å². The number of rotatable bonds is 8. The summed E-state index contributed by atoms with van der Waals surface area (Å²) in [6.07, 6.45) is 14.7. The topological polar surface area (TPSA) is 77.2 Å². The number of piperidine rings is 1. The van der Waals surface area contributed by atoms with Crippen LogP contribution >= 0.6 is 0 Å². The Labute approximate surface area is 257 Å². The third kappa shape index (κ3) is 6.05. The molecule has 0 aromatic rings. The average molecular weight is 600 g/mol. The van der Waals surface area contributed by atoms with E-state index in [9.17, 15) is 9.59 Å². The molecule has 3 saturated carbocycles. The maximum Gasteiger partial charge on any atom is 0.256 e. The van der Waals surface area contributed by atoms with Gasteiger partial charge in [0.05, 0.1) is 35.9 Å². The lowest BCUT2D eigenvalue weighted by molar-refractivity contribution is -0.208. The van der Waals surface area contributed by atoms with Crippen molar-refractivity contribution in [3.8, 4) is 0 Å². The summed E-state index contributed by atoms with van der Waals surface area (Å²) in [5.41, 5.74) is 0.231. The van der Waals surface area contributed by atoms with E-state index in [1.807, 2.05) is 6.20 Å². The summed E-state index contributed by atoms with van der Waals surface area (Å²) < 4.78 is 23.1. The maximum absolute atomic E-state index is 16.1. The van der Waals surface area contributed by atoms with Crippen LogP contribution in [0, 0.1) is 17.8 Å². The SMILES string of the molecule is CN1CCCC1CCNC(=O)C1=CN2C3CC4CCCCC4CC3OC3C(NCCN4CCCCC4)C(F)CC(C1=O)C32. The molecule has 9 heteroatoms. The monoisotopic (exact) mass is 599 g/mol. The van der Waals surface area contributed by atoms with Crippen LogP contribution in [0.25, 0.3) is 0 Å². The van der Waals surface area contributed by atoms with E-state index in [0.717, 1.165) is 58.4 Å². The number of Topliss-reactive ketones (excluding diaryl/α,β-unsaturated/α-hetero) is 1. The molecule has 0 bridgehead atoms. The standard InChI is InChI=1S/C34H54FN5O3/c1-38-14-7-10-24(38)11-12-37-34(42)26-21-40-28-18-22-8-3-4-9-23(22)19-29(28)43-33-30(27(35)20-25(31(33)40)32(26)41)36-13-17-39-15-5-2-6-16-39/h21-25,27-31,33,36H,2-20H2,1H3,(H,37,42). The highest BCUT2D eigenvalue weighted by atomic mass is 19.1. The minimum atomic E-state index is -1.18. The summed E-state index contributed by atoms with van der Waals surface area (Å²) >= 11 is 0. The highest BCUT2D eigenvalue weighted by Crippen LogP contribution is 2.50. The fourth-order valence-corrected chi connectivity index (χ4v) is 10.1. The van der Waals surface area contributed by atoms with Crippen LogP contribution < -0.4 is 10.6 Å². The Morgan fingerprint density at radius 1 is 0.977 bits per heavy atom. The first kappa shape index (κ1) is 30.1. The summed E-state index contributed by atoms with van der Waals surface area (Å²) in [5, 5.41) is 6.65. The smallest absolute Gasteiger partial charge is 0.256 e. The van der Waals surface area contributed by atoms with Gasteiger partial charge in [-0.3, -0.25) is 9.59 Å². The number of carbonyl (C=O) groups is 2. The molecule has 10 unspecified atom stereocenters. The minimum Gasteiger partial charge on any atom is -0.369 e. The highest BCUT2D eigenvalue weighted by Gasteiger charge is 2.59. The first-order valence-electron chi connectivity index (χ1n) is 17.7. The number of nitrogens with one attached hydrogen (secondary N) is 2. The third-order valence-corrected chi connectivity index (χ3v) is 12.4. The molecule has 10 atom stereocenters. The molecular formula is C34H54FN5O3. The fraction of sp³-hybridized carbons (Fsp3) is 0.882. The summed E-state index contributed by atoms with van der Waals surface area (Å²) in [5.74, 6) is 0.328. The first-order chi connectivity index (χ1) is 21.0. The molecule has 6 fully saturated rings. The van der Waals surface area contributed by atoms with E-state index in [4.69, 9.17) is 4.74 Å². The molecule has 8 nitrogen and oxygen atoms in total. The van der Waals surface area contributed by atoms with Crippen LogP contribution in [-0.4, -0.2) is 115 Å². The van der Waals surface area contributed by atoms with Gasteiger partial charge < -0.3 is 30.1 Å². The summed E-state index contributed by atoms with van der Waals surface area (Å²) in [6, 6.07) is -0.0101. The summed E-state index contributed by atoms with van der Waals surface area (Å²) in [7, 11) is 2.14. The van der Waals surface area contributed by atoms with Gasteiger partial charge in [-0.25, -0.2) is 4.39 Å². The van der Waals surface area contributed by atoms with Crippen LogP contribution in [0.2, 0.25) is 0 Å². The molecule has 4 aliphatic heterocycles. The molecule has 2 N–H and O–H groups in total. The number of hydrogen-bond donors (Lipinski definition) is 2. The van der Waals surface area contributed by atoms with E-state index in [-0.39, 0.29) is 48.0 Å². The van der Waals surface area contributed by atoms with Gasteiger partial charge in [-0.05, 0) is 89.9 Å². The Morgan fingerprint density at radius 2 is 1.77 bits per heavy atom. The number of nitrogens with zero attached hydrogens (tertiary/aromatic N) is 3. The number of amides is 1. The number of carbonyl (C=O) groups excluding carboxylic acids is 2. The van der Waals surface area contributed by atoms with E-state index >= 15 is 4.39 Å². The maximum atomic E-state index is 16.1. The van der Waals surface area contributed by atoms with E-state index in [0.29, 0.717) is 24.4 Å². The number of morpholine rings is 1. The number of ketones is 1. The summed E-state index contributed by atoms with van der Waals surface area (Å²) in [4.78, 5) is 34.7. The third-order valence-electron chi connectivity index (χ3n) is 12.4. The van der Waals surface area contributed by atoms with Crippen molar-refractivity contribution < 1.29 is 18.7 Å². The zero-order valence-corrected chi connectivity index (χ0v) is 26.2. The van der Waals surface area contributed by atoms with Gasteiger partial charge in [-0.15, -0.1) is 0 Å². The fourth-order valence-electron chi connectivity index (χ4n) is 10.1. The molecule has 3 aliphatic carbocycles. The Bertz CT molecular complexity index is 1050. The molecule has 240 valence electrons. The zero-order valence-electron chi connectivity index (χ0n) is 26.2. The Morgan fingerprint density at radius 3 is 2.53 bits per heavy atom. The molecule has 4 heterocycles. The lowest BCUT2D eigenvalue weighted by Gasteiger charge is -2.61. The number of hydrogen-bond acceptors (Lipinski definition) is 7. The molecule has 0 aromatic carbocycles.